The van der Waals surface area contributed by atoms with Crippen LogP contribution in [0, 0.1) is 5.92 Å². The smallest absolute Gasteiger partial charge is 0.134 e. The van der Waals surface area contributed by atoms with E-state index in [2.05, 4.69) is 18.8 Å². The molecule has 0 fully saturated rings. The van der Waals surface area contributed by atoms with Gasteiger partial charge in [0.05, 0.1) is 6.61 Å². The molecule has 1 heterocycles. The van der Waals surface area contributed by atoms with Gasteiger partial charge in [0.2, 0.25) is 0 Å². The maximum atomic E-state index is 8.93. The molecule has 0 aliphatic rings. The molecule has 0 amide bonds. The molecule has 0 unspecified atom stereocenters. The molecule has 1 N–H and O–H groups in total. The molecule has 0 spiro atoms. The zero-order chi connectivity index (χ0) is 10.0. The van der Waals surface area contributed by atoms with Crippen LogP contribution in [-0.4, -0.2) is 14.7 Å². The van der Waals surface area contributed by atoms with E-state index in [1.54, 1.807) is 0 Å². The van der Waals surface area contributed by atoms with Crippen molar-refractivity contribution in [2.75, 3.05) is 0 Å². The van der Waals surface area contributed by atoms with Crippen molar-refractivity contribution in [3.63, 3.8) is 0 Å². The van der Waals surface area contributed by atoms with E-state index < -0.39 is 0 Å². The largest absolute Gasteiger partial charge is 0.390 e. The summed E-state index contributed by atoms with van der Waals surface area (Å²) in [6.07, 6.45) is 0.885. The summed E-state index contributed by atoms with van der Waals surface area (Å²) in [7, 11) is 1.87. The number of aliphatic hydroxyl groups is 1. The Morgan fingerprint density at radius 1 is 1.54 bits per heavy atom. The molecule has 74 valence electrons. The van der Waals surface area contributed by atoms with Crippen LogP contribution in [0.4, 0.5) is 0 Å². The lowest BCUT2D eigenvalue weighted by Crippen LogP contribution is -2.02. The summed E-state index contributed by atoms with van der Waals surface area (Å²) in [5.41, 5.74) is 0.569. The average molecular weight is 203 g/mol. The van der Waals surface area contributed by atoms with E-state index in [9.17, 15) is 0 Å². The number of hydrogen-bond acceptors (Lipinski definition) is 2. The van der Waals surface area contributed by atoms with Crippen LogP contribution in [0.3, 0.4) is 0 Å². The predicted octanol–water partition coefficient (Wildman–Crippen LogP) is 1.76. The first-order chi connectivity index (χ1) is 6.06. The number of aromatic nitrogens is 2. The fraction of sp³-hybridized carbons (Fsp3) is 0.667. The lowest BCUT2D eigenvalue weighted by atomic mass is 10.1. The molecule has 0 saturated carbocycles. The third-order valence-corrected chi connectivity index (χ3v) is 2.40. The molecule has 0 radical (unpaired) electrons. The molecule has 0 saturated heterocycles. The highest BCUT2D eigenvalue weighted by molar-refractivity contribution is 6.30. The Labute approximate surface area is 83.4 Å². The molecule has 0 aliphatic carbocycles. The van der Waals surface area contributed by atoms with Crippen LogP contribution in [-0.2, 0) is 20.1 Å². The van der Waals surface area contributed by atoms with Gasteiger partial charge >= 0.3 is 0 Å². The number of halogens is 1. The van der Waals surface area contributed by atoms with Gasteiger partial charge in [-0.2, -0.15) is 0 Å². The first-order valence-electron chi connectivity index (χ1n) is 4.37. The second-order valence-electron chi connectivity index (χ2n) is 3.58. The van der Waals surface area contributed by atoms with Crippen molar-refractivity contribution >= 4 is 11.6 Å². The molecular formula is C9H15ClN2O. The number of nitrogens with zero attached hydrogens (tertiary/aromatic N) is 2. The van der Waals surface area contributed by atoms with Crippen molar-refractivity contribution in [3.8, 4) is 0 Å². The Bertz CT molecular complexity index is 294. The summed E-state index contributed by atoms with van der Waals surface area (Å²) in [4.78, 5) is 4.25. The first kappa shape index (κ1) is 10.5. The van der Waals surface area contributed by atoms with Crippen LogP contribution >= 0.6 is 11.6 Å². The van der Waals surface area contributed by atoms with Gasteiger partial charge in [0.1, 0.15) is 16.7 Å². The molecule has 0 aromatic carbocycles. The van der Waals surface area contributed by atoms with Crippen LogP contribution < -0.4 is 0 Å². The van der Waals surface area contributed by atoms with Crippen molar-refractivity contribution in [2.45, 2.75) is 26.9 Å². The SMILES string of the molecule is CC(C)Cc1nc(CO)c(Cl)n1C. The van der Waals surface area contributed by atoms with E-state index in [0.717, 1.165) is 12.2 Å². The van der Waals surface area contributed by atoms with Gasteiger partial charge in [-0.15, -0.1) is 0 Å². The van der Waals surface area contributed by atoms with Crippen molar-refractivity contribution < 1.29 is 5.11 Å². The van der Waals surface area contributed by atoms with E-state index in [4.69, 9.17) is 16.7 Å². The van der Waals surface area contributed by atoms with Crippen LogP contribution in [0.1, 0.15) is 25.4 Å². The fourth-order valence-electron chi connectivity index (χ4n) is 1.23. The standard InChI is InChI=1S/C9H15ClN2O/c1-6(2)4-8-11-7(5-13)9(10)12(8)3/h6,13H,4-5H2,1-3H3. The summed E-state index contributed by atoms with van der Waals surface area (Å²) in [6, 6.07) is 0. The molecule has 1 aromatic heterocycles. The topological polar surface area (TPSA) is 38.1 Å². The Hall–Kier alpha value is -0.540. The normalized spacial score (nSPS) is 11.2. The van der Waals surface area contributed by atoms with Crippen molar-refractivity contribution in [2.24, 2.45) is 13.0 Å². The van der Waals surface area contributed by atoms with Crippen molar-refractivity contribution in [3.05, 3.63) is 16.7 Å². The minimum atomic E-state index is -0.0925. The third kappa shape index (κ3) is 2.23. The maximum absolute atomic E-state index is 8.93. The van der Waals surface area contributed by atoms with Gasteiger partial charge in [0.25, 0.3) is 0 Å². The van der Waals surface area contributed by atoms with Crippen LogP contribution in [0.2, 0.25) is 5.15 Å². The molecule has 0 aliphatic heterocycles. The van der Waals surface area contributed by atoms with E-state index >= 15 is 0 Å². The highest BCUT2D eigenvalue weighted by atomic mass is 35.5. The van der Waals surface area contributed by atoms with Crippen LogP contribution in [0.5, 0.6) is 0 Å². The Morgan fingerprint density at radius 2 is 2.15 bits per heavy atom. The Balaban J connectivity index is 2.95. The second-order valence-corrected chi connectivity index (χ2v) is 3.94. The van der Waals surface area contributed by atoms with E-state index in [-0.39, 0.29) is 6.61 Å². The lowest BCUT2D eigenvalue weighted by molar-refractivity contribution is 0.277. The molecule has 0 atom stereocenters. The van der Waals surface area contributed by atoms with Gasteiger partial charge in [0, 0.05) is 13.5 Å². The highest BCUT2D eigenvalue weighted by Gasteiger charge is 2.12. The molecule has 3 nitrogen and oxygen atoms in total. The zero-order valence-electron chi connectivity index (χ0n) is 8.21. The molecule has 4 heteroatoms. The maximum Gasteiger partial charge on any atom is 0.134 e. The molecule has 0 bridgehead atoms. The molecule has 1 aromatic rings. The zero-order valence-corrected chi connectivity index (χ0v) is 8.97. The number of hydrogen-bond donors (Lipinski definition) is 1. The van der Waals surface area contributed by atoms with Gasteiger partial charge in [-0.1, -0.05) is 25.4 Å². The Kier molecular flexibility index (Phi) is 3.33. The summed E-state index contributed by atoms with van der Waals surface area (Å²) in [5, 5.41) is 9.47. The highest BCUT2D eigenvalue weighted by Crippen LogP contribution is 2.18. The van der Waals surface area contributed by atoms with Crippen LogP contribution in [0.25, 0.3) is 0 Å². The number of imidazole rings is 1. The Morgan fingerprint density at radius 3 is 2.54 bits per heavy atom. The molecular weight excluding hydrogens is 188 g/mol. The minimum Gasteiger partial charge on any atom is -0.390 e. The van der Waals surface area contributed by atoms with Gasteiger partial charge in [-0.25, -0.2) is 4.98 Å². The summed E-state index contributed by atoms with van der Waals surface area (Å²) < 4.78 is 1.83. The quantitative estimate of drug-likeness (QED) is 0.811. The van der Waals surface area contributed by atoms with E-state index in [1.807, 2.05) is 11.6 Å². The first-order valence-corrected chi connectivity index (χ1v) is 4.74. The number of rotatable bonds is 3. The summed E-state index contributed by atoms with van der Waals surface area (Å²) in [5.74, 6) is 1.48. The third-order valence-electron chi connectivity index (χ3n) is 1.92. The molecule has 13 heavy (non-hydrogen) atoms. The van der Waals surface area contributed by atoms with E-state index in [0.29, 0.717) is 16.8 Å². The fourth-order valence-corrected chi connectivity index (χ4v) is 1.43. The average Bonchev–Trinajstić information content (AvgIpc) is 2.32. The summed E-state index contributed by atoms with van der Waals surface area (Å²) in [6.45, 7) is 4.16. The van der Waals surface area contributed by atoms with Crippen molar-refractivity contribution in [1.29, 1.82) is 0 Å². The van der Waals surface area contributed by atoms with Crippen molar-refractivity contribution in [1.82, 2.24) is 9.55 Å². The van der Waals surface area contributed by atoms with E-state index in [1.165, 1.54) is 0 Å². The van der Waals surface area contributed by atoms with Gasteiger partial charge in [-0.05, 0) is 5.92 Å². The van der Waals surface area contributed by atoms with Gasteiger partial charge in [0.15, 0.2) is 0 Å². The van der Waals surface area contributed by atoms with Gasteiger partial charge < -0.3 is 9.67 Å². The molecule has 1 rings (SSSR count). The lowest BCUT2D eigenvalue weighted by Gasteiger charge is -2.04. The minimum absolute atomic E-state index is 0.0925. The summed E-state index contributed by atoms with van der Waals surface area (Å²) >= 11 is 5.94. The predicted molar refractivity (Wildman–Crippen MR) is 52.7 cm³/mol. The second kappa shape index (κ2) is 4.11. The monoisotopic (exact) mass is 202 g/mol. The number of aliphatic hydroxyl groups excluding tert-OH is 1. The van der Waals surface area contributed by atoms with Crippen LogP contribution in [0.15, 0.2) is 0 Å². The van der Waals surface area contributed by atoms with Gasteiger partial charge in [-0.3, -0.25) is 0 Å².